The molecule has 0 bridgehead atoms. The first-order valence-corrected chi connectivity index (χ1v) is 7.17. The van der Waals surface area contributed by atoms with Gasteiger partial charge in [-0.15, -0.1) is 0 Å². The number of carbonyl (C=O) groups excluding carboxylic acids is 2. The molecule has 8 heteroatoms. The summed E-state index contributed by atoms with van der Waals surface area (Å²) in [5.41, 5.74) is 0.425. The predicted molar refractivity (Wildman–Crippen MR) is 84.2 cm³/mol. The van der Waals surface area contributed by atoms with Crippen molar-refractivity contribution in [3.8, 4) is 5.75 Å². The second-order valence-corrected chi connectivity index (χ2v) is 4.48. The minimum atomic E-state index is -1.36. The number of hydrogen-bond donors (Lipinski definition) is 0. The molecule has 0 aromatic heterocycles. The van der Waals surface area contributed by atoms with Crippen LogP contribution in [0.4, 0.5) is 5.69 Å². The van der Waals surface area contributed by atoms with Gasteiger partial charge in [-0.2, -0.15) is 0 Å². The summed E-state index contributed by atoms with van der Waals surface area (Å²) in [5.74, 6) is -2.43. The van der Waals surface area contributed by atoms with E-state index in [1.54, 1.807) is 38.1 Å². The molecule has 6 nitrogen and oxygen atoms in total. The Kier molecular flexibility index (Phi) is 10.8. The average Bonchev–Trinajstić information content (AvgIpc) is 2.48. The van der Waals surface area contributed by atoms with Gasteiger partial charge in [0.05, 0.1) is 20.3 Å². The van der Waals surface area contributed by atoms with Gasteiger partial charge < -0.3 is 26.8 Å². The van der Waals surface area contributed by atoms with Gasteiger partial charge >= 0.3 is 41.5 Å². The van der Waals surface area contributed by atoms with Crippen LogP contribution in [0.2, 0.25) is 0 Å². The number of benzene rings is 1. The predicted octanol–water partition coefficient (Wildman–Crippen LogP) is -0.981. The van der Waals surface area contributed by atoms with Crippen molar-refractivity contribution in [2.75, 3.05) is 20.3 Å². The molecule has 0 saturated carbocycles. The van der Waals surface area contributed by atoms with Gasteiger partial charge in [0.2, 0.25) is 0 Å². The molecule has 0 unspecified atom stereocenters. The standard InChI is InChI=1S/C15H19NO5S.Na/c1-4-20-14(17)12(15(18)21-5-2)13(22)16-10-8-6-7-9-11(10)19-3;/h6-9,12H,4-5H2,1-3H3,(H,16,22);/q;+1/p-1. The number of ether oxygens (including phenoxy) is 3. The summed E-state index contributed by atoms with van der Waals surface area (Å²) >= 11 is 5.12. The van der Waals surface area contributed by atoms with Gasteiger partial charge in [-0.3, -0.25) is 14.6 Å². The van der Waals surface area contributed by atoms with Gasteiger partial charge in [-0.25, -0.2) is 0 Å². The number of aliphatic imine (C=N–C) groups is 1. The molecule has 23 heavy (non-hydrogen) atoms. The molecule has 1 rings (SSSR count). The fraction of sp³-hybridized carbons (Fsp3) is 0.400. The van der Waals surface area contributed by atoms with Gasteiger partial charge in [0.15, 0.2) is 5.92 Å². The number of para-hydroxylation sites is 2. The van der Waals surface area contributed by atoms with E-state index in [9.17, 15) is 9.59 Å². The van der Waals surface area contributed by atoms with Crippen LogP contribution in [0.15, 0.2) is 29.3 Å². The Morgan fingerprint density at radius 1 is 1.13 bits per heavy atom. The van der Waals surface area contributed by atoms with E-state index in [0.717, 1.165) is 0 Å². The van der Waals surface area contributed by atoms with Crippen molar-refractivity contribution in [2.24, 2.45) is 10.9 Å². The van der Waals surface area contributed by atoms with Crippen LogP contribution in [0.25, 0.3) is 0 Å². The van der Waals surface area contributed by atoms with E-state index in [0.29, 0.717) is 11.4 Å². The molecule has 0 saturated heterocycles. The Bertz CT molecular complexity index is 547. The van der Waals surface area contributed by atoms with Crippen molar-refractivity contribution >= 4 is 35.3 Å². The summed E-state index contributed by atoms with van der Waals surface area (Å²) in [7, 11) is 1.49. The fourth-order valence-corrected chi connectivity index (χ4v) is 1.95. The minimum Gasteiger partial charge on any atom is -0.763 e. The molecule has 1 aromatic carbocycles. The third-order valence-electron chi connectivity index (χ3n) is 2.61. The summed E-state index contributed by atoms with van der Waals surface area (Å²) in [6, 6.07) is 6.88. The molecule has 0 amide bonds. The van der Waals surface area contributed by atoms with E-state index >= 15 is 0 Å². The molecule has 0 atom stereocenters. The number of carbonyl (C=O) groups is 2. The van der Waals surface area contributed by atoms with Gasteiger partial charge in [-0.05, 0) is 26.0 Å². The topological polar surface area (TPSA) is 74.2 Å². The Hall–Kier alpha value is -1.15. The smallest absolute Gasteiger partial charge is 0.763 e. The zero-order chi connectivity index (χ0) is 16.5. The molecule has 0 fully saturated rings. The van der Waals surface area contributed by atoms with Crippen molar-refractivity contribution in [2.45, 2.75) is 13.8 Å². The van der Waals surface area contributed by atoms with Crippen LogP contribution in [0.5, 0.6) is 5.75 Å². The van der Waals surface area contributed by atoms with Crippen molar-refractivity contribution in [3.05, 3.63) is 24.3 Å². The molecule has 120 valence electrons. The fourth-order valence-electron chi connectivity index (χ4n) is 1.65. The average molecular weight is 347 g/mol. The van der Waals surface area contributed by atoms with Crippen LogP contribution >= 0.6 is 0 Å². The summed E-state index contributed by atoms with van der Waals surface area (Å²) in [6.45, 7) is 3.54. The Balaban J connectivity index is 0.00000484. The molecule has 0 radical (unpaired) electrons. The van der Waals surface area contributed by atoms with E-state index in [1.807, 2.05) is 0 Å². The number of hydrogen-bond acceptors (Lipinski definition) is 7. The molecule has 0 aliphatic rings. The molecule has 0 N–H and O–H groups in total. The first-order chi connectivity index (χ1) is 10.5. The molecule has 0 spiro atoms. The second-order valence-electron chi connectivity index (χ2n) is 4.06. The van der Waals surface area contributed by atoms with Crippen LogP contribution in [-0.4, -0.2) is 37.3 Å². The molecular formula is C15H18NNaO5S. The normalized spacial score (nSPS) is 10.7. The van der Waals surface area contributed by atoms with Gasteiger partial charge in [0, 0.05) is 0 Å². The summed E-state index contributed by atoms with van der Waals surface area (Å²) < 4.78 is 14.9. The van der Waals surface area contributed by atoms with Crippen LogP contribution in [-0.2, 0) is 31.7 Å². The zero-order valence-corrected chi connectivity index (χ0v) is 16.5. The largest absolute Gasteiger partial charge is 1.00 e. The second kappa shape index (κ2) is 11.4. The number of rotatable bonds is 7. The van der Waals surface area contributed by atoms with Crippen LogP contribution in [0, 0.1) is 5.92 Å². The molecule has 0 aliphatic carbocycles. The maximum absolute atomic E-state index is 11.9. The van der Waals surface area contributed by atoms with Crippen LogP contribution in [0.1, 0.15) is 13.8 Å². The monoisotopic (exact) mass is 347 g/mol. The summed E-state index contributed by atoms with van der Waals surface area (Å²) in [6.07, 6.45) is 0. The van der Waals surface area contributed by atoms with Crippen LogP contribution in [0.3, 0.4) is 0 Å². The third kappa shape index (κ3) is 6.47. The van der Waals surface area contributed by atoms with E-state index in [4.69, 9.17) is 26.8 Å². The number of methoxy groups -OCH3 is 1. The Morgan fingerprint density at radius 3 is 2.13 bits per heavy atom. The van der Waals surface area contributed by atoms with Crippen molar-refractivity contribution in [1.29, 1.82) is 0 Å². The van der Waals surface area contributed by atoms with E-state index < -0.39 is 17.9 Å². The van der Waals surface area contributed by atoms with E-state index in [-0.39, 0.29) is 47.8 Å². The maximum atomic E-state index is 11.9. The number of nitrogens with zero attached hydrogens (tertiary/aromatic N) is 1. The molecule has 1 aromatic rings. The Labute approximate surface area is 163 Å². The molecule has 0 aliphatic heterocycles. The Morgan fingerprint density at radius 2 is 1.65 bits per heavy atom. The first-order valence-electron chi connectivity index (χ1n) is 6.77. The third-order valence-corrected chi connectivity index (χ3v) is 2.93. The summed E-state index contributed by atoms with van der Waals surface area (Å²) in [5, 5.41) is -0.124. The van der Waals surface area contributed by atoms with E-state index in [2.05, 4.69) is 4.99 Å². The maximum Gasteiger partial charge on any atom is 1.00 e. The van der Waals surface area contributed by atoms with E-state index in [1.165, 1.54) is 7.11 Å². The van der Waals surface area contributed by atoms with Gasteiger partial charge in [0.25, 0.3) is 0 Å². The van der Waals surface area contributed by atoms with Crippen molar-refractivity contribution in [3.63, 3.8) is 0 Å². The van der Waals surface area contributed by atoms with Gasteiger partial charge in [-0.1, -0.05) is 17.2 Å². The molecular weight excluding hydrogens is 329 g/mol. The number of esters is 2. The SMILES string of the molecule is CCOC(=O)C(C(=O)OCC)C([S-])=Nc1ccccc1OC.[Na+]. The zero-order valence-electron chi connectivity index (χ0n) is 13.7. The molecule has 0 heterocycles. The minimum absolute atomic E-state index is 0. The van der Waals surface area contributed by atoms with Crippen LogP contribution < -0.4 is 34.3 Å². The quantitative estimate of drug-likeness (QED) is 0.158. The first kappa shape index (κ1) is 21.9. The van der Waals surface area contributed by atoms with Gasteiger partial charge in [0.1, 0.15) is 11.4 Å². The summed E-state index contributed by atoms with van der Waals surface area (Å²) in [4.78, 5) is 28.0. The van der Waals surface area contributed by atoms with Crippen molar-refractivity contribution in [1.82, 2.24) is 0 Å². The van der Waals surface area contributed by atoms with Crippen molar-refractivity contribution < 1.29 is 53.4 Å².